The minimum atomic E-state index is -4.39. The molecule has 4 rings (SSSR count). The Hall–Kier alpha value is -3.35. The van der Waals surface area contributed by atoms with E-state index in [9.17, 15) is 27.9 Å². The number of carbonyl (C=O) groups is 2. The number of aromatic hydroxyl groups is 1. The average molecular weight is 458 g/mol. The maximum absolute atomic E-state index is 12.6. The summed E-state index contributed by atoms with van der Waals surface area (Å²) in [5, 5.41) is 11.2. The van der Waals surface area contributed by atoms with E-state index in [1.54, 1.807) is 31.2 Å². The smallest absolute Gasteiger partial charge is 0.416 e. The minimum absolute atomic E-state index is 0.00676. The Balaban J connectivity index is 0.000000374. The Kier molecular flexibility index (Phi) is 7.41. The van der Waals surface area contributed by atoms with Crippen LogP contribution in [-0.4, -0.2) is 16.7 Å². The molecule has 1 fully saturated rings. The van der Waals surface area contributed by atoms with E-state index in [2.05, 4.69) is 0 Å². The zero-order chi connectivity index (χ0) is 24.2. The number of Topliss-reactive ketones (excluding diaryl/α,β-unsaturated/α-hetero) is 2. The SMILES string of the molecule is CC(=O)C1CCC1.CC(=O)c1cc(O)c2ccccc2c1OCc1ccc(C(F)(F)F)cc1. The van der Waals surface area contributed by atoms with Gasteiger partial charge in [-0.2, -0.15) is 13.2 Å². The topological polar surface area (TPSA) is 63.6 Å². The minimum Gasteiger partial charge on any atom is -0.507 e. The van der Waals surface area contributed by atoms with Gasteiger partial charge in [-0.25, -0.2) is 0 Å². The van der Waals surface area contributed by atoms with Gasteiger partial charge in [-0.3, -0.25) is 9.59 Å². The summed E-state index contributed by atoms with van der Waals surface area (Å²) in [5.41, 5.74) is 0.0125. The molecule has 0 amide bonds. The Morgan fingerprint density at radius 3 is 2.06 bits per heavy atom. The molecule has 3 aromatic rings. The van der Waals surface area contributed by atoms with E-state index in [0.717, 1.165) is 25.0 Å². The fourth-order valence-electron chi connectivity index (χ4n) is 3.51. The van der Waals surface area contributed by atoms with E-state index in [-0.39, 0.29) is 23.7 Å². The summed E-state index contributed by atoms with van der Waals surface area (Å²) < 4.78 is 43.7. The van der Waals surface area contributed by atoms with E-state index >= 15 is 0 Å². The van der Waals surface area contributed by atoms with Gasteiger partial charge in [0.1, 0.15) is 23.9 Å². The van der Waals surface area contributed by atoms with Crippen LogP contribution < -0.4 is 4.74 Å². The summed E-state index contributed by atoms with van der Waals surface area (Å²) in [7, 11) is 0. The third-order valence-electron chi connectivity index (χ3n) is 5.70. The highest BCUT2D eigenvalue weighted by Crippen LogP contribution is 2.37. The van der Waals surface area contributed by atoms with E-state index in [0.29, 0.717) is 33.8 Å². The second-order valence-electron chi connectivity index (χ2n) is 8.10. The first kappa shape index (κ1) is 24.3. The Labute approximate surface area is 190 Å². The molecule has 1 aliphatic rings. The number of fused-ring (bicyclic) bond motifs is 1. The number of halogens is 3. The number of phenolic OH excluding ortho intramolecular Hbond substituents is 1. The van der Waals surface area contributed by atoms with E-state index in [1.165, 1.54) is 31.5 Å². The molecule has 0 unspecified atom stereocenters. The highest BCUT2D eigenvalue weighted by Gasteiger charge is 2.30. The van der Waals surface area contributed by atoms with Crippen LogP contribution in [0.25, 0.3) is 10.8 Å². The molecule has 3 aromatic carbocycles. The molecule has 0 saturated heterocycles. The van der Waals surface area contributed by atoms with Gasteiger partial charge in [-0.05, 0) is 50.5 Å². The summed E-state index contributed by atoms with van der Waals surface area (Å²) in [6, 6.07) is 12.9. The molecule has 0 heterocycles. The highest BCUT2D eigenvalue weighted by molar-refractivity contribution is 6.05. The summed E-state index contributed by atoms with van der Waals surface area (Å²) in [4.78, 5) is 22.3. The number of benzene rings is 3. The lowest BCUT2D eigenvalue weighted by molar-refractivity contribution is -0.137. The number of ether oxygens (including phenoxy) is 1. The van der Waals surface area contributed by atoms with Crippen molar-refractivity contribution in [2.75, 3.05) is 0 Å². The monoisotopic (exact) mass is 458 g/mol. The lowest BCUT2D eigenvalue weighted by Crippen LogP contribution is -2.18. The standard InChI is InChI=1S/C20H15F3O3.C6H10O/c1-12(24)17-10-18(25)15-4-2-3-5-16(15)19(17)26-11-13-6-8-14(9-7-13)20(21,22)23;1-5(7)6-3-2-4-6/h2-10,25H,11H2,1H3;6H,2-4H2,1H3. The van der Waals surface area contributed by atoms with Crippen molar-refractivity contribution >= 4 is 22.3 Å². The third kappa shape index (κ3) is 5.92. The van der Waals surface area contributed by atoms with Crippen LogP contribution in [0.3, 0.4) is 0 Å². The zero-order valence-electron chi connectivity index (χ0n) is 18.4. The number of hydrogen-bond acceptors (Lipinski definition) is 4. The number of hydrogen-bond donors (Lipinski definition) is 1. The first-order valence-corrected chi connectivity index (χ1v) is 10.6. The Bertz CT molecular complexity index is 1150. The number of rotatable bonds is 5. The molecule has 0 bridgehead atoms. The fourth-order valence-corrected chi connectivity index (χ4v) is 3.51. The molecule has 174 valence electrons. The molecule has 33 heavy (non-hydrogen) atoms. The van der Waals surface area contributed by atoms with Gasteiger partial charge in [0.2, 0.25) is 0 Å². The third-order valence-corrected chi connectivity index (χ3v) is 5.70. The molecule has 0 radical (unpaired) electrons. The van der Waals surface area contributed by atoms with Crippen LogP contribution >= 0.6 is 0 Å². The predicted molar refractivity (Wildman–Crippen MR) is 119 cm³/mol. The van der Waals surface area contributed by atoms with Crippen molar-refractivity contribution in [3.63, 3.8) is 0 Å². The maximum atomic E-state index is 12.6. The zero-order valence-corrected chi connectivity index (χ0v) is 18.4. The van der Waals surface area contributed by atoms with Gasteiger partial charge in [0.25, 0.3) is 0 Å². The highest BCUT2D eigenvalue weighted by atomic mass is 19.4. The van der Waals surface area contributed by atoms with Gasteiger partial charge in [0.15, 0.2) is 5.78 Å². The van der Waals surface area contributed by atoms with Gasteiger partial charge in [0.05, 0.1) is 11.1 Å². The molecule has 0 atom stereocenters. The van der Waals surface area contributed by atoms with Crippen molar-refractivity contribution in [2.24, 2.45) is 5.92 Å². The number of ketones is 2. The number of alkyl halides is 3. The van der Waals surface area contributed by atoms with Gasteiger partial charge in [0, 0.05) is 16.7 Å². The van der Waals surface area contributed by atoms with Gasteiger partial charge >= 0.3 is 6.18 Å². The summed E-state index contributed by atoms with van der Waals surface area (Å²) in [6.07, 6.45) is -0.830. The van der Waals surface area contributed by atoms with Crippen molar-refractivity contribution in [3.05, 3.63) is 71.3 Å². The number of phenols is 1. The maximum Gasteiger partial charge on any atom is 0.416 e. The Morgan fingerprint density at radius 2 is 1.61 bits per heavy atom. The van der Waals surface area contributed by atoms with Crippen LogP contribution in [-0.2, 0) is 17.6 Å². The van der Waals surface area contributed by atoms with E-state index in [4.69, 9.17) is 4.74 Å². The van der Waals surface area contributed by atoms with Crippen LogP contribution in [0.15, 0.2) is 54.6 Å². The molecule has 0 spiro atoms. The molecule has 1 N–H and O–H groups in total. The van der Waals surface area contributed by atoms with Crippen molar-refractivity contribution < 1.29 is 32.6 Å². The van der Waals surface area contributed by atoms with E-state index in [1.807, 2.05) is 0 Å². The summed E-state index contributed by atoms with van der Waals surface area (Å²) in [6.45, 7) is 3.03. The van der Waals surface area contributed by atoms with Crippen LogP contribution in [0.5, 0.6) is 11.5 Å². The lowest BCUT2D eigenvalue weighted by Gasteiger charge is -2.21. The van der Waals surface area contributed by atoms with E-state index < -0.39 is 11.7 Å². The molecular weight excluding hydrogens is 433 g/mol. The summed E-state index contributed by atoms with van der Waals surface area (Å²) in [5.74, 6) is 0.804. The first-order chi connectivity index (χ1) is 15.6. The van der Waals surface area contributed by atoms with Crippen LogP contribution in [0.1, 0.15) is 54.6 Å². The van der Waals surface area contributed by atoms with Gasteiger partial charge < -0.3 is 9.84 Å². The van der Waals surface area contributed by atoms with Gasteiger partial charge in [-0.1, -0.05) is 42.8 Å². The molecule has 4 nitrogen and oxygen atoms in total. The molecule has 1 aliphatic carbocycles. The summed E-state index contributed by atoms with van der Waals surface area (Å²) >= 11 is 0. The predicted octanol–water partition coefficient (Wildman–Crippen LogP) is 6.72. The van der Waals surface area contributed by atoms with Crippen molar-refractivity contribution in [1.29, 1.82) is 0 Å². The quantitative estimate of drug-likeness (QED) is 0.431. The van der Waals surface area contributed by atoms with Crippen molar-refractivity contribution in [2.45, 2.75) is 45.9 Å². The molecular formula is C26H25F3O4. The van der Waals surface area contributed by atoms with Crippen molar-refractivity contribution in [1.82, 2.24) is 0 Å². The van der Waals surface area contributed by atoms with Crippen LogP contribution in [0.4, 0.5) is 13.2 Å². The van der Waals surface area contributed by atoms with Crippen LogP contribution in [0.2, 0.25) is 0 Å². The molecule has 0 aromatic heterocycles. The first-order valence-electron chi connectivity index (χ1n) is 10.6. The number of carbonyl (C=O) groups excluding carboxylic acids is 2. The average Bonchev–Trinajstić information content (AvgIpc) is 2.71. The van der Waals surface area contributed by atoms with Crippen LogP contribution in [0, 0.1) is 5.92 Å². The fraction of sp³-hybridized carbons (Fsp3) is 0.308. The molecule has 0 aliphatic heterocycles. The van der Waals surface area contributed by atoms with Gasteiger partial charge in [-0.15, -0.1) is 0 Å². The molecule has 7 heteroatoms. The second kappa shape index (κ2) is 10.1. The van der Waals surface area contributed by atoms with Crippen molar-refractivity contribution in [3.8, 4) is 11.5 Å². The molecule has 1 saturated carbocycles. The largest absolute Gasteiger partial charge is 0.507 e. The second-order valence-corrected chi connectivity index (χ2v) is 8.10. The Morgan fingerprint density at radius 1 is 1.00 bits per heavy atom. The normalized spacial score (nSPS) is 13.6. The lowest BCUT2D eigenvalue weighted by atomic mass is 9.83.